The molecule has 0 aromatic heterocycles. The van der Waals surface area contributed by atoms with Gasteiger partial charge in [-0.15, -0.1) is 0 Å². The number of hydrogen-bond donors (Lipinski definition) is 3. The Morgan fingerprint density at radius 2 is 1.56 bits per heavy atom. The van der Waals surface area contributed by atoms with E-state index in [4.69, 9.17) is 9.47 Å². The number of nitrogens with one attached hydrogen (secondary N) is 3. The highest BCUT2D eigenvalue weighted by atomic mass is 16.5. The summed E-state index contributed by atoms with van der Waals surface area (Å²) in [6.07, 6.45) is 7.70. The zero-order valence-corrected chi connectivity index (χ0v) is 24.8. The lowest BCUT2D eigenvalue weighted by Crippen LogP contribution is -2.51. The van der Waals surface area contributed by atoms with Crippen molar-refractivity contribution in [3.63, 3.8) is 0 Å². The van der Waals surface area contributed by atoms with Gasteiger partial charge in [0.2, 0.25) is 0 Å². The first-order chi connectivity index (χ1) is 19.8. The molecule has 41 heavy (non-hydrogen) atoms. The second-order valence-corrected chi connectivity index (χ2v) is 10.8. The Bertz CT molecular complexity index is 1130. The minimum atomic E-state index is -0.615. The number of piperazine rings is 1. The monoisotopic (exact) mass is 568 g/mol. The molecule has 2 aliphatic heterocycles. The van der Waals surface area contributed by atoms with Gasteiger partial charge in [-0.25, -0.2) is 14.4 Å². The maximum atomic E-state index is 12.7. The lowest BCUT2D eigenvalue weighted by atomic mass is 9.94. The molecule has 0 spiro atoms. The number of urea groups is 1. The summed E-state index contributed by atoms with van der Waals surface area (Å²) in [7, 11) is 2.56. The molecule has 0 radical (unpaired) electrons. The number of anilines is 2. The number of ether oxygens (including phenoxy) is 2. The van der Waals surface area contributed by atoms with Crippen LogP contribution >= 0.6 is 0 Å². The van der Waals surface area contributed by atoms with Gasteiger partial charge in [-0.3, -0.25) is 9.80 Å². The van der Waals surface area contributed by atoms with Crippen LogP contribution in [-0.2, 0) is 19.1 Å². The Morgan fingerprint density at radius 1 is 0.927 bits per heavy atom. The molecule has 1 saturated carbocycles. The Balaban J connectivity index is 1.31. The first-order valence-electron chi connectivity index (χ1n) is 14.6. The first-order valence-corrected chi connectivity index (χ1v) is 14.6. The number of benzene rings is 1. The zero-order chi connectivity index (χ0) is 29.4. The SMILES string of the molecule is COC(=O)C1=C(C)NC(C)=C(C(=O)OC)N1c1cccc(NC(=O)NCCCN2CCN(C3CCCCC3)CC2)c1. The average molecular weight is 569 g/mol. The Labute approximate surface area is 242 Å². The van der Waals surface area contributed by atoms with Gasteiger partial charge in [0.25, 0.3) is 0 Å². The van der Waals surface area contributed by atoms with Crippen molar-refractivity contribution in [2.75, 3.05) is 63.7 Å². The molecule has 2 amide bonds. The smallest absolute Gasteiger partial charge is 0.356 e. The largest absolute Gasteiger partial charge is 0.464 e. The summed E-state index contributed by atoms with van der Waals surface area (Å²) in [5, 5.41) is 8.86. The van der Waals surface area contributed by atoms with Gasteiger partial charge in [-0.1, -0.05) is 25.3 Å². The van der Waals surface area contributed by atoms with E-state index < -0.39 is 11.9 Å². The van der Waals surface area contributed by atoms with Crippen molar-refractivity contribution in [3.05, 3.63) is 47.1 Å². The number of rotatable bonds is 9. The number of carbonyl (C=O) groups is 3. The molecule has 1 aliphatic carbocycles. The number of nitrogens with zero attached hydrogens (tertiary/aromatic N) is 3. The van der Waals surface area contributed by atoms with Crippen molar-refractivity contribution in [1.82, 2.24) is 20.4 Å². The summed E-state index contributed by atoms with van der Waals surface area (Å²) < 4.78 is 9.99. The second-order valence-electron chi connectivity index (χ2n) is 10.8. The van der Waals surface area contributed by atoms with Crippen molar-refractivity contribution in [2.45, 2.75) is 58.4 Å². The molecule has 1 aromatic carbocycles. The van der Waals surface area contributed by atoms with Gasteiger partial charge in [0.15, 0.2) is 11.4 Å². The lowest BCUT2D eigenvalue weighted by Gasteiger charge is -2.40. The molecule has 0 atom stereocenters. The third-order valence-corrected chi connectivity index (χ3v) is 8.09. The lowest BCUT2D eigenvalue weighted by molar-refractivity contribution is -0.136. The third kappa shape index (κ3) is 7.59. The quantitative estimate of drug-likeness (QED) is 0.305. The van der Waals surface area contributed by atoms with Gasteiger partial charge >= 0.3 is 18.0 Å². The second kappa shape index (κ2) is 14.4. The summed E-state index contributed by atoms with van der Waals surface area (Å²) in [4.78, 5) is 44.8. The number of hydrogen-bond acceptors (Lipinski definition) is 9. The maximum absolute atomic E-state index is 12.7. The number of esters is 2. The number of allylic oxidation sites excluding steroid dienone is 2. The summed E-state index contributed by atoms with van der Waals surface area (Å²) in [6, 6.07) is 7.40. The Hall–Kier alpha value is -3.57. The highest BCUT2D eigenvalue weighted by molar-refractivity contribution is 6.03. The van der Waals surface area contributed by atoms with Gasteiger partial charge in [0.1, 0.15) is 0 Å². The van der Waals surface area contributed by atoms with E-state index in [1.54, 1.807) is 38.1 Å². The van der Waals surface area contributed by atoms with Gasteiger partial charge in [0, 0.05) is 61.5 Å². The fourth-order valence-electron chi connectivity index (χ4n) is 5.99. The standard InChI is InChI=1S/C30H44N6O5/c1-21-26(28(37)40-3)36(27(22(2)32-21)29(38)41-4)25-13-8-10-23(20-25)33-30(39)31-14-9-15-34-16-18-35(19-17-34)24-11-6-5-7-12-24/h8,10,13,20,24,32H,5-7,9,11-12,14-19H2,1-4H3,(H2,31,33,39). The van der Waals surface area contributed by atoms with Gasteiger partial charge in [-0.05, 0) is 57.9 Å². The summed E-state index contributed by atoms with van der Waals surface area (Å²) in [5.74, 6) is -1.23. The third-order valence-electron chi connectivity index (χ3n) is 8.09. The van der Waals surface area contributed by atoms with Gasteiger partial charge in [-0.2, -0.15) is 0 Å². The van der Waals surface area contributed by atoms with E-state index in [0.29, 0.717) is 29.3 Å². The van der Waals surface area contributed by atoms with Crippen molar-refractivity contribution in [2.24, 2.45) is 0 Å². The molecule has 11 nitrogen and oxygen atoms in total. The van der Waals surface area contributed by atoms with E-state index in [-0.39, 0.29) is 17.4 Å². The summed E-state index contributed by atoms with van der Waals surface area (Å²) >= 11 is 0. The summed E-state index contributed by atoms with van der Waals surface area (Å²) in [6.45, 7) is 9.43. The van der Waals surface area contributed by atoms with Crippen LogP contribution in [0.15, 0.2) is 47.1 Å². The highest BCUT2D eigenvalue weighted by Gasteiger charge is 2.35. The molecular weight excluding hydrogens is 524 g/mol. The predicted octanol–water partition coefficient (Wildman–Crippen LogP) is 3.37. The topological polar surface area (TPSA) is 115 Å². The van der Waals surface area contributed by atoms with E-state index in [0.717, 1.165) is 45.2 Å². The minimum Gasteiger partial charge on any atom is -0.464 e. The first kappa shape index (κ1) is 30.4. The van der Waals surface area contributed by atoms with Crippen molar-refractivity contribution < 1.29 is 23.9 Å². The van der Waals surface area contributed by atoms with Crippen molar-refractivity contribution in [1.29, 1.82) is 0 Å². The average Bonchev–Trinajstić information content (AvgIpc) is 2.99. The molecule has 2 heterocycles. The van der Waals surface area contributed by atoms with Gasteiger partial charge in [0.05, 0.1) is 14.2 Å². The fraction of sp³-hybridized carbons (Fsp3) is 0.567. The number of amides is 2. The van der Waals surface area contributed by atoms with Crippen LogP contribution in [0.2, 0.25) is 0 Å². The van der Waals surface area contributed by atoms with Crippen molar-refractivity contribution in [3.8, 4) is 0 Å². The molecule has 0 bridgehead atoms. The molecule has 2 fully saturated rings. The normalized spacial score (nSPS) is 19.1. The number of carbonyl (C=O) groups excluding carboxylic acids is 3. The van der Waals surface area contributed by atoms with E-state index in [2.05, 4.69) is 25.8 Å². The van der Waals surface area contributed by atoms with Gasteiger partial charge < -0.3 is 30.3 Å². The van der Waals surface area contributed by atoms with Crippen LogP contribution < -0.4 is 20.9 Å². The molecule has 224 valence electrons. The van der Waals surface area contributed by atoms with E-state index in [1.165, 1.54) is 51.2 Å². The molecule has 3 aliphatic rings. The zero-order valence-electron chi connectivity index (χ0n) is 24.8. The summed E-state index contributed by atoms with van der Waals surface area (Å²) in [5.41, 5.74) is 2.36. The minimum absolute atomic E-state index is 0.152. The maximum Gasteiger partial charge on any atom is 0.356 e. The molecule has 11 heteroatoms. The van der Waals surface area contributed by atoms with Crippen LogP contribution in [0.3, 0.4) is 0 Å². The van der Waals surface area contributed by atoms with Crippen LogP contribution in [0.5, 0.6) is 0 Å². The van der Waals surface area contributed by atoms with E-state index in [9.17, 15) is 14.4 Å². The van der Waals surface area contributed by atoms with Crippen LogP contribution in [0.1, 0.15) is 52.4 Å². The predicted molar refractivity (Wildman–Crippen MR) is 158 cm³/mol. The van der Waals surface area contributed by atoms with Crippen LogP contribution in [-0.4, -0.2) is 87.3 Å². The Morgan fingerprint density at radius 3 is 2.17 bits per heavy atom. The number of methoxy groups -OCH3 is 2. The molecule has 1 saturated heterocycles. The fourth-order valence-corrected chi connectivity index (χ4v) is 5.99. The van der Waals surface area contributed by atoms with E-state index >= 15 is 0 Å². The van der Waals surface area contributed by atoms with E-state index in [1.807, 2.05) is 0 Å². The van der Waals surface area contributed by atoms with Crippen LogP contribution in [0.25, 0.3) is 0 Å². The molecule has 4 rings (SSSR count). The molecule has 3 N–H and O–H groups in total. The highest BCUT2D eigenvalue weighted by Crippen LogP contribution is 2.33. The molecule has 1 aromatic rings. The molecular formula is C30H44N6O5. The van der Waals surface area contributed by atoms with Crippen LogP contribution in [0, 0.1) is 0 Å². The molecule has 0 unspecified atom stereocenters. The Kier molecular flexibility index (Phi) is 10.6. The van der Waals surface area contributed by atoms with Crippen molar-refractivity contribution >= 4 is 29.3 Å². The van der Waals surface area contributed by atoms with Crippen LogP contribution in [0.4, 0.5) is 16.2 Å².